The highest BCUT2D eigenvalue weighted by atomic mass is 16.5. The minimum atomic E-state index is -0.132. The second-order valence-corrected chi connectivity index (χ2v) is 4.84. The topological polar surface area (TPSA) is 38.3 Å². The van der Waals surface area contributed by atoms with E-state index in [9.17, 15) is 4.79 Å². The van der Waals surface area contributed by atoms with E-state index < -0.39 is 0 Å². The van der Waals surface area contributed by atoms with Crippen LogP contribution in [0.5, 0.6) is 0 Å². The van der Waals surface area contributed by atoms with Gasteiger partial charge in [0.1, 0.15) is 6.10 Å². The number of carbonyl (C=O) groups excluding carboxylic acids is 1. The number of carbonyl (C=O) groups is 1. The maximum atomic E-state index is 11.4. The summed E-state index contributed by atoms with van der Waals surface area (Å²) in [6, 6.07) is 10.3. The van der Waals surface area contributed by atoms with E-state index >= 15 is 0 Å². The first-order valence-electron chi connectivity index (χ1n) is 6.54. The normalized spacial score (nSPS) is 12.4. The van der Waals surface area contributed by atoms with Crippen LogP contribution in [-0.2, 0) is 16.0 Å². The van der Waals surface area contributed by atoms with Gasteiger partial charge in [-0.25, -0.2) is 0 Å². The van der Waals surface area contributed by atoms with Gasteiger partial charge in [-0.3, -0.25) is 4.79 Å². The smallest absolute Gasteiger partial charge is 0.308 e. The molecular formula is C15H23NO2. The lowest BCUT2D eigenvalue weighted by Gasteiger charge is -2.15. The lowest BCUT2D eigenvalue weighted by Crippen LogP contribution is -2.31. The average Bonchev–Trinajstić information content (AvgIpc) is 2.35. The Labute approximate surface area is 110 Å². The molecule has 0 spiro atoms. The van der Waals surface area contributed by atoms with Gasteiger partial charge in [0, 0.05) is 6.54 Å². The van der Waals surface area contributed by atoms with Crippen molar-refractivity contribution in [2.24, 2.45) is 5.92 Å². The molecule has 0 aliphatic rings. The van der Waals surface area contributed by atoms with Crippen molar-refractivity contribution in [1.29, 1.82) is 0 Å². The number of esters is 1. The Bertz CT molecular complexity index is 349. The van der Waals surface area contributed by atoms with Crippen LogP contribution in [-0.4, -0.2) is 25.2 Å². The van der Waals surface area contributed by atoms with Gasteiger partial charge in [0.05, 0.1) is 5.92 Å². The number of nitrogens with one attached hydrogen (secondary N) is 1. The van der Waals surface area contributed by atoms with Crippen molar-refractivity contribution < 1.29 is 9.53 Å². The van der Waals surface area contributed by atoms with Crippen LogP contribution in [0.1, 0.15) is 26.3 Å². The predicted octanol–water partition coefficient (Wildman–Crippen LogP) is 2.41. The molecule has 0 heterocycles. The molecule has 0 fully saturated rings. The molecule has 3 nitrogen and oxygen atoms in total. The van der Waals surface area contributed by atoms with E-state index in [-0.39, 0.29) is 18.0 Å². The summed E-state index contributed by atoms with van der Waals surface area (Å²) in [6.45, 7) is 7.20. The fraction of sp³-hybridized carbons (Fsp3) is 0.533. The molecule has 0 radical (unpaired) electrons. The highest BCUT2D eigenvalue weighted by molar-refractivity contribution is 5.71. The summed E-state index contributed by atoms with van der Waals surface area (Å²) >= 11 is 0. The van der Waals surface area contributed by atoms with E-state index in [0.717, 1.165) is 13.0 Å². The van der Waals surface area contributed by atoms with Crippen molar-refractivity contribution in [3.63, 3.8) is 0 Å². The Balaban J connectivity index is 2.12. The first kappa shape index (κ1) is 14.7. The maximum absolute atomic E-state index is 11.4. The lowest BCUT2D eigenvalue weighted by molar-refractivity contribution is -0.151. The third kappa shape index (κ3) is 5.82. The van der Waals surface area contributed by atoms with Crippen LogP contribution in [0.3, 0.4) is 0 Å². The van der Waals surface area contributed by atoms with Gasteiger partial charge < -0.3 is 10.1 Å². The van der Waals surface area contributed by atoms with E-state index in [1.165, 1.54) is 5.56 Å². The first-order valence-corrected chi connectivity index (χ1v) is 6.54. The van der Waals surface area contributed by atoms with Gasteiger partial charge in [-0.2, -0.15) is 0 Å². The predicted molar refractivity (Wildman–Crippen MR) is 73.4 cm³/mol. The van der Waals surface area contributed by atoms with Crippen LogP contribution in [0.4, 0.5) is 0 Å². The molecule has 0 saturated heterocycles. The molecule has 1 unspecified atom stereocenters. The summed E-state index contributed by atoms with van der Waals surface area (Å²) in [5.41, 5.74) is 1.32. The Morgan fingerprint density at radius 2 is 1.89 bits per heavy atom. The molecule has 0 saturated carbocycles. The molecule has 0 bridgehead atoms. The van der Waals surface area contributed by atoms with Gasteiger partial charge in [-0.05, 0) is 25.5 Å². The number of ether oxygens (including phenoxy) is 1. The van der Waals surface area contributed by atoms with Gasteiger partial charge in [0.25, 0.3) is 0 Å². The molecule has 1 atom stereocenters. The zero-order chi connectivity index (χ0) is 13.4. The molecule has 3 heteroatoms. The van der Waals surface area contributed by atoms with Crippen LogP contribution in [0, 0.1) is 5.92 Å². The number of rotatable bonds is 7. The molecule has 0 aromatic heterocycles. The Hall–Kier alpha value is -1.35. The van der Waals surface area contributed by atoms with Crippen molar-refractivity contribution in [3.05, 3.63) is 35.9 Å². The van der Waals surface area contributed by atoms with Gasteiger partial charge in [0.15, 0.2) is 0 Å². The van der Waals surface area contributed by atoms with Crippen molar-refractivity contribution in [2.45, 2.75) is 33.3 Å². The van der Waals surface area contributed by atoms with Gasteiger partial charge >= 0.3 is 5.97 Å². The van der Waals surface area contributed by atoms with Crippen LogP contribution in [0.25, 0.3) is 0 Å². The molecule has 0 aliphatic carbocycles. The molecule has 100 valence electrons. The minimum Gasteiger partial charge on any atom is -0.461 e. The molecular weight excluding hydrogens is 226 g/mol. The van der Waals surface area contributed by atoms with Crippen molar-refractivity contribution in [1.82, 2.24) is 5.32 Å². The summed E-state index contributed by atoms with van der Waals surface area (Å²) in [5.74, 6) is -0.191. The minimum absolute atomic E-state index is 0.0585. The summed E-state index contributed by atoms with van der Waals surface area (Å²) in [5, 5.41) is 3.30. The highest BCUT2D eigenvalue weighted by Gasteiger charge is 2.12. The summed E-state index contributed by atoms with van der Waals surface area (Å²) in [6.07, 6.45) is 0.918. The molecule has 1 aromatic carbocycles. The Kier molecular flexibility index (Phi) is 6.44. The van der Waals surface area contributed by atoms with Crippen LogP contribution in [0.2, 0.25) is 0 Å². The monoisotopic (exact) mass is 249 g/mol. The van der Waals surface area contributed by atoms with E-state index in [4.69, 9.17) is 4.74 Å². The van der Waals surface area contributed by atoms with Gasteiger partial charge in [0.2, 0.25) is 0 Å². The largest absolute Gasteiger partial charge is 0.461 e. The zero-order valence-corrected chi connectivity index (χ0v) is 11.5. The van der Waals surface area contributed by atoms with Gasteiger partial charge in [-0.1, -0.05) is 44.2 Å². The van der Waals surface area contributed by atoms with E-state index in [2.05, 4.69) is 17.4 Å². The summed E-state index contributed by atoms with van der Waals surface area (Å²) in [4.78, 5) is 11.4. The fourth-order valence-corrected chi connectivity index (χ4v) is 1.56. The van der Waals surface area contributed by atoms with Crippen LogP contribution in [0.15, 0.2) is 30.3 Å². The zero-order valence-electron chi connectivity index (χ0n) is 11.5. The molecule has 1 aromatic rings. The number of hydrogen-bond acceptors (Lipinski definition) is 3. The van der Waals surface area contributed by atoms with Crippen molar-refractivity contribution in [3.8, 4) is 0 Å². The fourth-order valence-electron chi connectivity index (χ4n) is 1.56. The van der Waals surface area contributed by atoms with E-state index in [1.54, 1.807) is 0 Å². The maximum Gasteiger partial charge on any atom is 0.308 e. The summed E-state index contributed by atoms with van der Waals surface area (Å²) < 4.78 is 5.26. The number of benzene rings is 1. The second-order valence-electron chi connectivity index (χ2n) is 4.84. The third-order valence-electron chi connectivity index (χ3n) is 2.65. The van der Waals surface area contributed by atoms with Gasteiger partial charge in [-0.15, -0.1) is 0 Å². The molecule has 18 heavy (non-hydrogen) atoms. The summed E-state index contributed by atoms with van der Waals surface area (Å²) in [7, 11) is 0. The number of hydrogen-bond donors (Lipinski definition) is 1. The van der Waals surface area contributed by atoms with Crippen LogP contribution >= 0.6 is 0 Å². The third-order valence-corrected chi connectivity index (χ3v) is 2.65. The molecule has 1 N–H and O–H groups in total. The molecule has 0 amide bonds. The highest BCUT2D eigenvalue weighted by Crippen LogP contribution is 2.00. The van der Waals surface area contributed by atoms with Crippen LogP contribution < -0.4 is 5.32 Å². The molecule has 1 rings (SSSR count). The van der Waals surface area contributed by atoms with Crippen molar-refractivity contribution in [2.75, 3.05) is 13.1 Å². The van der Waals surface area contributed by atoms with E-state index in [0.29, 0.717) is 6.54 Å². The second kappa shape index (κ2) is 7.88. The van der Waals surface area contributed by atoms with Crippen molar-refractivity contribution >= 4 is 5.97 Å². The lowest BCUT2D eigenvalue weighted by atomic mass is 10.1. The standard InChI is InChI=1S/C15H23NO2/c1-12(2)15(17)18-13(3)11-16-10-9-14-7-5-4-6-8-14/h4-8,12-13,16H,9-11H2,1-3H3. The first-order chi connectivity index (χ1) is 8.59. The quantitative estimate of drug-likeness (QED) is 0.595. The molecule has 0 aliphatic heterocycles. The van der Waals surface area contributed by atoms with E-state index in [1.807, 2.05) is 39.0 Å². The Morgan fingerprint density at radius 1 is 1.22 bits per heavy atom. The Morgan fingerprint density at radius 3 is 2.50 bits per heavy atom. The average molecular weight is 249 g/mol. The SMILES string of the molecule is CC(CNCCc1ccccc1)OC(=O)C(C)C.